The van der Waals surface area contributed by atoms with Gasteiger partial charge in [-0.15, -0.1) is 11.3 Å². The minimum absolute atomic E-state index is 0.841. The molecule has 5 aromatic rings. The number of benzene rings is 1. The molecule has 0 N–H and O–H groups in total. The molecule has 0 saturated heterocycles. The molecule has 1 aromatic carbocycles. The number of para-hydroxylation sites is 1. The topological polar surface area (TPSA) is 51.6 Å². The van der Waals surface area contributed by atoms with Gasteiger partial charge in [-0.25, -0.2) is 9.97 Å². The van der Waals surface area contributed by atoms with E-state index in [4.69, 9.17) is 4.98 Å². The Balaban J connectivity index is 1.81. The highest BCUT2D eigenvalue weighted by Gasteiger charge is 2.12. The Labute approximate surface area is 135 Å². The molecule has 0 atom stereocenters. The number of aromatic nitrogens is 4. The summed E-state index contributed by atoms with van der Waals surface area (Å²) in [6.45, 7) is 0. The Morgan fingerprint density at radius 2 is 1.57 bits per heavy atom. The van der Waals surface area contributed by atoms with Crippen molar-refractivity contribution in [2.45, 2.75) is 0 Å². The number of nitrogens with zero attached hydrogens (tertiary/aromatic N) is 4. The van der Waals surface area contributed by atoms with Gasteiger partial charge in [0.1, 0.15) is 15.9 Å². The van der Waals surface area contributed by atoms with E-state index in [2.05, 4.69) is 33.2 Å². The largest absolute Gasteiger partial charge is 0.256 e. The quantitative estimate of drug-likeness (QED) is 0.458. The molecule has 0 unspecified atom stereocenters. The van der Waals surface area contributed by atoms with Crippen LogP contribution in [-0.4, -0.2) is 19.9 Å². The zero-order chi connectivity index (χ0) is 15.2. The van der Waals surface area contributed by atoms with Crippen molar-refractivity contribution in [1.29, 1.82) is 0 Å². The van der Waals surface area contributed by atoms with E-state index in [9.17, 15) is 0 Å². The zero-order valence-electron chi connectivity index (χ0n) is 12.0. The first-order chi connectivity index (χ1) is 11.4. The highest BCUT2D eigenvalue weighted by atomic mass is 32.1. The molecule has 0 radical (unpaired) electrons. The van der Waals surface area contributed by atoms with Gasteiger partial charge in [0, 0.05) is 23.3 Å². The smallest absolute Gasteiger partial charge is 0.145 e. The average Bonchev–Trinajstić information content (AvgIpc) is 2.99. The number of thiophene rings is 1. The molecule has 0 spiro atoms. The Bertz CT molecular complexity index is 1170. The van der Waals surface area contributed by atoms with Crippen LogP contribution in [0.1, 0.15) is 0 Å². The monoisotopic (exact) mass is 314 g/mol. The Hall–Kier alpha value is -2.92. The lowest BCUT2D eigenvalue weighted by Gasteiger charge is -2.04. The van der Waals surface area contributed by atoms with E-state index in [0.717, 1.165) is 42.7 Å². The fourth-order valence-corrected chi connectivity index (χ4v) is 3.79. The van der Waals surface area contributed by atoms with Crippen LogP contribution in [0, 0.1) is 0 Å². The summed E-state index contributed by atoms with van der Waals surface area (Å²) < 4.78 is 1.11. The predicted molar refractivity (Wildman–Crippen MR) is 93.5 cm³/mol. The van der Waals surface area contributed by atoms with Gasteiger partial charge in [0.15, 0.2) is 0 Å². The van der Waals surface area contributed by atoms with Gasteiger partial charge in [0.2, 0.25) is 0 Å². The first-order valence-corrected chi connectivity index (χ1v) is 8.06. The van der Waals surface area contributed by atoms with E-state index < -0.39 is 0 Å². The molecule has 0 amide bonds. The maximum atomic E-state index is 4.81. The minimum Gasteiger partial charge on any atom is -0.256 e. The second kappa shape index (κ2) is 4.79. The van der Waals surface area contributed by atoms with Gasteiger partial charge in [-0.3, -0.25) is 9.97 Å². The van der Waals surface area contributed by atoms with Gasteiger partial charge in [-0.05, 0) is 18.2 Å². The van der Waals surface area contributed by atoms with Crippen LogP contribution in [0.4, 0.5) is 0 Å². The van der Waals surface area contributed by atoms with E-state index in [1.165, 1.54) is 0 Å². The van der Waals surface area contributed by atoms with Crippen LogP contribution in [0.2, 0.25) is 0 Å². The Morgan fingerprint density at radius 1 is 0.739 bits per heavy atom. The minimum atomic E-state index is 0.841. The van der Waals surface area contributed by atoms with Gasteiger partial charge in [-0.1, -0.05) is 24.3 Å². The van der Waals surface area contributed by atoms with Crippen molar-refractivity contribution in [3.8, 4) is 11.3 Å². The third kappa shape index (κ3) is 1.90. The van der Waals surface area contributed by atoms with Crippen LogP contribution in [0.3, 0.4) is 0 Å². The molecule has 0 fully saturated rings. The lowest BCUT2D eigenvalue weighted by molar-refractivity contribution is 1.30. The molecule has 0 aliphatic carbocycles. The third-order valence-corrected chi connectivity index (χ3v) is 4.88. The molecule has 5 heteroatoms. The van der Waals surface area contributed by atoms with Gasteiger partial charge in [0.05, 0.1) is 22.1 Å². The van der Waals surface area contributed by atoms with E-state index in [0.29, 0.717) is 0 Å². The number of rotatable bonds is 1. The van der Waals surface area contributed by atoms with E-state index >= 15 is 0 Å². The first kappa shape index (κ1) is 12.6. The van der Waals surface area contributed by atoms with Crippen LogP contribution in [0.15, 0.2) is 61.1 Å². The van der Waals surface area contributed by atoms with Gasteiger partial charge in [-0.2, -0.15) is 0 Å². The third-order valence-electron chi connectivity index (χ3n) is 3.85. The number of pyridine rings is 2. The van der Waals surface area contributed by atoms with Crippen molar-refractivity contribution >= 4 is 42.8 Å². The molecule has 5 rings (SSSR count). The van der Waals surface area contributed by atoms with Gasteiger partial charge < -0.3 is 0 Å². The maximum absolute atomic E-state index is 4.81. The normalized spacial score (nSPS) is 11.5. The molecule has 4 aromatic heterocycles. The first-order valence-electron chi connectivity index (χ1n) is 7.24. The highest BCUT2D eigenvalue weighted by molar-refractivity contribution is 7.25. The summed E-state index contributed by atoms with van der Waals surface area (Å²) >= 11 is 1.62. The van der Waals surface area contributed by atoms with Crippen LogP contribution in [0.5, 0.6) is 0 Å². The Morgan fingerprint density at radius 3 is 2.52 bits per heavy atom. The molecule has 0 aliphatic heterocycles. The summed E-state index contributed by atoms with van der Waals surface area (Å²) in [7, 11) is 0. The fraction of sp³-hybridized carbons (Fsp3) is 0. The molecule has 108 valence electrons. The number of hydrogen-bond donors (Lipinski definition) is 0. The molecular weight excluding hydrogens is 304 g/mol. The molecular formula is C18H10N4S. The maximum Gasteiger partial charge on any atom is 0.145 e. The summed E-state index contributed by atoms with van der Waals surface area (Å²) in [5, 5.41) is 1.10. The predicted octanol–water partition coefficient (Wildman–Crippen LogP) is 4.45. The summed E-state index contributed by atoms with van der Waals surface area (Å²) in [4.78, 5) is 19.2. The van der Waals surface area contributed by atoms with Crippen LogP contribution in [-0.2, 0) is 0 Å². The fourth-order valence-electron chi connectivity index (χ4n) is 2.80. The lowest BCUT2D eigenvalue weighted by atomic mass is 10.1. The van der Waals surface area contributed by atoms with Crippen LogP contribution < -0.4 is 0 Å². The van der Waals surface area contributed by atoms with Crippen LogP contribution in [0.25, 0.3) is 42.7 Å². The van der Waals surface area contributed by atoms with Crippen molar-refractivity contribution in [1.82, 2.24) is 19.9 Å². The van der Waals surface area contributed by atoms with E-state index in [1.54, 1.807) is 23.7 Å². The summed E-state index contributed by atoms with van der Waals surface area (Å²) in [5.74, 6) is 0. The summed E-state index contributed by atoms with van der Waals surface area (Å²) in [6.07, 6.45) is 5.41. The molecule has 0 aliphatic rings. The number of hydrogen-bond acceptors (Lipinski definition) is 5. The molecule has 0 saturated carbocycles. The van der Waals surface area contributed by atoms with Crippen molar-refractivity contribution < 1.29 is 0 Å². The standard InChI is InChI=1S/C18H10N4S/c1-4-11-5-2-8-19-15(11)12(6-1)13-10-21-17-16-14(7-3-9-20-16)23-18(17)22-13/h1-10H. The summed E-state index contributed by atoms with van der Waals surface area (Å²) in [6, 6.07) is 14.1. The second-order valence-corrected chi connectivity index (χ2v) is 6.27. The van der Waals surface area contributed by atoms with Crippen molar-refractivity contribution in [3.63, 3.8) is 0 Å². The van der Waals surface area contributed by atoms with Gasteiger partial charge >= 0.3 is 0 Å². The van der Waals surface area contributed by atoms with Gasteiger partial charge in [0.25, 0.3) is 0 Å². The van der Waals surface area contributed by atoms with Crippen LogP contribution >= 0.6 is 11.3 Å². The Kier molecular flexibility index (Phi) is 2.63. The van der Waals surface area contributed by atoms with Crippen molar-refractivity contribution in [2.75, 3.05) is 0 Å². The molecule has 4 nitrogen and oxygen atoms in total. The van der Waals surface area contributed by atoms with Crippen molar-refractivity contribution in [3.05, 3.63) is 61.1 Å². The molecule has 0 bridgehead atoms. The van der Waals surface area contributed by atoms with Crippen molar-refractivity contribution in [2.24, 2.45) is 0 Å². The molecule has 23 heavy (non-hydrogen) atoms. The highest BCUT2D eigenvalue weighted by Crippen LogP contribution is 2.32. The second-order valence-electron chi connectivity index (χ2n) is 5.24. The molecule has 4 heterocycles. The van der Waals surface area contributed by atoms with E-state index in [-0.39, 0.29) is 0 Å². The van der Waals surface area contributed by atoms with E-state index in [1.807, 2.05) is 30.5 Å². The average molecular weight is 314 g/mol. The summed E-state index contributed by atoms with van der Waals surface area (Å²) in [5.41, 5.74) is 4.57. The lowest BCUT2D eigenvalue weighted by Crippen LogP contribution is -1.89. The SMILES string of the molecule is c1cnc2c(-c3cnc4c(n3)sc3cccnc34)cccc2c1. The zero-order valence-corrected chi connectivity index (χ0v) is 12.8. The number of fused-ring (bicyclic) bond motifs is 4.